The van der Waals surface area contributed by atoms with Gasteiger partial charge in [-0.3, -0.25) is 9.78 Å². The van der Waals surface area contributed by atoms with Crippen molar-refractivity contribution in [2.24, 2.45) is 0 Å². The standard InChI is InChI=1S/C23H20N2O3/c1-28-21-8-3-17(4-9-21)22-10-6-19(7-11-23(26)27)25(22)20-5-2-16-12-13-24-15-18(16)14-20/h2-6,8-10,12-15H,7,11H2,1H3,(H,26,27). The molecule has 0 spiro atoms. The van der Waals surface area contributed by atoms with Crippen molar-refractivity contribution in [1.82, 2.24) is 9.55 Å². The first kappa shape index (κ1) is 17.8. The van der Waals surface area contributed by atoms with Gasteiger partial charge < -0.3 is 14.4 Å². The van der Waals surface area contributed by atoms with Gasteiger partial charge in [0.1, 0.15) is 5.75 Å². The van der Waals surface area contributed by atoms with E-state index in [-0.39, 0.29) is 6.42 Å². The Morgan fingerprint density at radius 2 is 1.86 bits per heavy atom. The van der Waals surface area contributed by atoms with Crippen molar-refractivity contribution in [3.63, 3.8) is 0 Å². The van der Waals surface area contributed by atoms with Crippen LogP contribution in [0.4, 0.5) is 0 Å². The Bertz CT molecular complexity index is 1130. The van der Waals surface area contributed by atoms with E-state index < -0.39 is 5.97 Å². The molecule has 4 rings (SSSR count). The normalized spacial score (nSPS) is 10.9. The van der Waals surface area contributed by atoms with Crippen LogP contribution in [0.3, 0.4) is 0 Å². The summed E-state index contributed by atoms with van der Waals surface area (Å²) in [5, 5.41) is 11.3. The number of pyridine rings is 1. The van der Waals surface area contributed by atoms with Crippen LogP contribution in [0.1, 0.15) is 12.1 Å². The van der Waals surface area contributed by atoms with Crippen molar-refractivity contribution in [3.8, 4) is 22.7 Å². The molecule has 0 aliphatic rings. The summed E-state index contributed by atoms with van der Waals surface area (Å²) < 4.78 is 7.38. The number of methoxy groups -OCH3 is 1. The summed E-state index contributed by atoms with van der Waals surface area (Å²) >= 11 is 0. The predicted octanol–water partition coefficient (Wildman–Crippen LogP) is 4.72. The maximum absolute atomic E-state index is 11.1. The average Bonchev–Trinajstić information content (AvgIpc) is 3.16. The summed E-state index contributed by atoms with van der Waals surface area (Å²) in [5.74, 6) is -0.00815. The number of carboxylic acid groups (broad SMARTS) is 1. The van der Waals surface area contributed by atoms with Gasteiger partial charge in [-0.2, -0.15) is 0 Å². The van der Waals surface area contributed by atoms with Crippen LogP contribution in [0.2, 0.25) is 0 Å². The molecule has 1 N–H and O–H groups in total. The molecule has 0 bridgehead atoms. The highest BCUT2D eigenvalue weighted by molar-refractivity contribution is 5.84. The number of benzene rings is 2. The van der Waals surface area contributed by atoms with Crippen LogP contribution in [-0.2, 0) is 11.2 Å². The van der Waals surface area contributed by atoms with E-state index in [4.69, 9.17) is 9.84 Å². The Hall–Kier alpha value is -3.60. The highest BCUT2D eigenvalue weighted by Gasteiger charge is 2.14. The molecule has 0 radical (unpaired) electrons. The first-order valence-electron chi connectivity index (χ1n) is 9.07. The molecule has 5 heteroatoms. The first-order chi connectivity index (χ1) is 13.7. The lowest BCUT2D eigenvalue weighted by Crippen LogP contribution is -2.05. The summed E-state index contributed by atoms with van der Waals surface area (Å²) in [7, 11) is 1.64. The number of aliphatic carboxylic acids is 1. The monoisotopic (exact) mass is 372 g/mol. The molecule has 0 atom stereocenters. The maximum atomic E-state index is 11.1. The zero-order valence-electron chi connectivity index (χ0n) is 15.5. The Labute approximate surface area is 162 Å². The minimum atomic E-state index is -0.804. The predicted molar refractivity (Wildman–Crippen MR) is 109 cm³/mol. The Morgan fingerprint density at radius 1 is 1.04 bits per heavy atom. The number of hydrogen-bond acceptors (Lipinski definition) is 3. The number of fused-ring (bicyclic) bond motifs is 1. The van der Waals surface area contributed by atoms with Gasteiger partial charge in [0.2, 0.25) is 0 Å². The molecular formula is C23H20N2O3. The largest absolute Gasteiger partial charge is 0.497 e. The van der Waals surface area contributed by atoms with E-state index in [9.17, 15) is 4.79 Å². The van der Waals surface area contributed by atoms with Gasteiger partial charge in [0.05, 0.1) is 19.2 Å². The number of aromatic nitrogens is 2. The van der Waals surface area contributed by atoms with E-state index in [1.54, 1.807) is 13.3 Å². The highest BCUT2D eigenvalue weighted by Crippen LogP contribution is 2.30. The smallest absolute Gasteiger partial charge is 0.303 e. The minimum Gasteiger partial charge on any atom is -0.497 e. The van der Waals surface area contributed by atoms with Crippen LogP contribution < -0.4 is 4.74 Å². The molecule has 0 saturated carbocycles. The van der Waals surface area contributed by atoms with Gasteiger partial charge in [-0.25, -0.2) is 0 Å². The van der Waals surface area contributed by atoms with Crippen LogP contribution in [0.25, 0.3) is 27.7 Å². The zero-order valence-corrected chi connectivity index (χ0v) is 15.5. The summed E-state index contributed by atoms with van der Waals surface area (Å²) in [6.07, 6.45) is 4.16. The molecule has 4 aromatic rings. The third kappa shape index (κ3) is 3.47. The fourth-order valence-electron chi connectivity index (χ4n) is 3.41. The van der Waals surface area contributed by atoms with Crippen LogP contribution in [0.5, 0.6) is 5.75 Å². The van der Waals surface area contributed by atoms with Gasteiger partial charge in [0.15, 0.2) is 0 Å². The van der Waals surface area contributed by atoms with Gasteiger partial charge in [-0.1, -0.05) is 6.07 Å². The number of aryl methyl sites for hydroxylation is 1. The van der Waals surface area contributed by atoms with Crippen molar-refractivity contribution in [2.45, 2.75) is 12.8 Å². The zero-order chi connectivity index (χ0) is 19.5. The van der Waals surface area contributed by atoms with Crippen LogP contribution in [0, 0.1) is 0 Å². The van der Waals surface area contributed by atoms with Crippen molar-refractivity contribution in [1.29, 1.82) is 0 Å². The summed E-state index contributed by atoms with van der Waals surface area (Å²) in [6, 6.07) is 20.1. The fraction of sp³-hybridized carbons (Fsp3) is 0.130. The van der Waals surface area contributed by atoms with Gasteiger partial charge in [0.25, 0.3) is 0 Å². The van der Waals surface area contributed by atoms with E-state index in [1.807, 2.05) is 48.7 Å². The quantitative estimate of drug-likeness (QED) is 0.532. The topological polar surface area (TPSA) is 64.3 Å². The summed E-state index contributed by atoms with van der Waals surface area (Å²) in [6.45, 7) is 0. The Morgan fingerprint density at radius 3 is 2.61 bits per heavy atom. The molecule has 0 aliphatic heterocycles. The SMILES string of the molecule is COc1ccc(-c2ccc(CCC(=O)O)n2-c2ccc3ccncc3c2)cc1. The Balaban J connectivity index is 1.85. The number of carboxylic acids is 1. The third-order valence-electron chi connectivity index (χ3n) is 4.82. The molecule has 5 nitrogen and oxygen atoms in total. The number of nitrogens with zero attached hydrogens (tertiary/aromatic N) is 2. The number of carbonyl (C=O) groups is 1. The molecule has 2 aromatic heterocycles. The molecule has 0 amide bonds. The van der Waals surface area contributed by atoms with E-state index in [0.29, 0.717) is 6.42 Å². The van der Waals surface area contributed by atoms with Crippen LogP contribution in [0.15, 0.2) is 73.1 Å². The third-order valence-corrected chi connectivity index (χ3v) is 4.82. The lowest BCUT2D eigenvalue weighted by molar-refractivity contribution is -0.136. The minimum absolute atomic E-state index is 0.0845. The van der Waals surface area contributed by atoms with E-state index in [1.165, 1.54) is 0 Å². The van der Waals surface area contributed by atoms with Gasteiger partial charge >= 0.3 is 5.97 Å². The molecule has 0 fully saturated rings. The van der Waals surface area contributed by atoms with Crippen LogP contribution in [-0.4, -0.2) is 27.7 Å². The molecule has 0 saturated heterocycles. The summed E-state index contributed by atoms with van der Waals surface area (Å²) in [4.78, 5) is 15.3. The second-order valence-electron chi connectivity index (χ2n) is 6.57. The van der Waals surface area contributed by atoms with E-state index in [0.717, 1.165) is 39.2 Å². The van der Waals surface area contributed by atoms with E-state index >= 15 is 0 Å². The second-order valence-corrected chi connectivity index (χ2v) is 6.57. The lowest BCUT2D eigenvalue weighted by atomic mass is 10.1. The van der Waals surface area contributed by atoms with Crippen molar-refractivity contribution >= 4 is 16.7 Å². The van der Waals surface area contributed by atoms with Gasteiger partial charge in [0, 0.05) is 29.2 Å². The summed E-state index contributed by atoms with van der Waals surface area (Å²) in [5.41, 5.74) is 3.98. The van der Waals surface area contributed by atoms with Crippen LogP contribution >= 0.6 is 0 Å². The number of ether oxygens (including phenoxy) is 1. The van der Waals surface area contributed by atoms with Gasteiger partial charge in [-0.15, -0.1) is 0 Å². The molecule has 2 aromatic carbocycles. The second kappa shape index (κ2) is 7.56. The molecule has 0 aliphatic carbocycles. The first-order valence-corrected chi connectivity index (χ1v) is 9.07. The number of hydrogen-bond donors (Lipinski definition) is 1. The van der Waals surface area contributed by atoms with Crippen molar-refractivity contribution < 1.29 is 14.6 Å². The fourth-order valence-corrected chi connectivity index (χ4v) is 3.41. The Kier molecular flexibility index (Phi) is 4.81. The van der Waals surface area contributed by atoms with Gasteiger partial charge in [-0.05, 0) is 72.0 Å². The molecule has 140 valence electrons. The molecule has 2 heterocycles. The lowest BCUT2D eigenvalue weighted by Gasteiger charge is -2.15. The molecule has 28 heavy (non-hydrogen) atoms. The molecule has 0 unspecified atom stereocenters. The van der Waals surface area contributed by atoms with E-state index in [2.05, 4.69) is 27.8 Å². The van der Waals surface area contributed by atoms with Crippen molar-refractivity contribution in [3.05, 3.63) is 78.8 Å². The maximum Gasteiger partial charge on any atom is 0.303 e. The highest BCUT2D eigenvalue weighted by atomic mass is 16.5. The van der Waals surface area contributed by atoms with Crippen molar-refractivity contribution in [2.75, 3.05) is 7.11 Å². The number of rotatable bonds is 6. The molecular weight excluding hydrogens is 352 g/mol. The average molecular weight is 372 g/mol.